The lowest BCUT2D eigenvalue weighted by Crippen LogP contribution is -2.14. The van der Waals surface area contributed by atoms with Crippen LogP contribution in [0.1, 0.15) is 26.3 Å². The largest absolute Gasteiger partial charge is 0.334 e. The van der Waals surface area contributed by atoms with Crippen LogP contribution in [0.3, 0.4) is 0 Å². The van der Waals surface area contributed by atoms with Crippen LogP contribution in [-0.2, 0) is 22.5 Å². The molecule has 126 valence electrons. The van der Waals surface area contributed by atoms with Gasteiger partial charge in [0, 0.05) is 7.05 Å². The number of anilines is 1. The zero-order valence-electron chi connectivity index (χ0n) is 14.2. The third kappa shape index (κ3) is 3.14. The Morgan fingerprint density at radius 2 is 1.71 bits per heavy atom. The van der Waals surface area contributed by atoms with Gasteiger partial charge in [-0.25, -0.2) is 13.4 Å². The van der Waals surface area contributed by atoms with E-state index in [2.05, 4.69) is 30.5 Å². The summed E-state index contributed by atoms with van der Waals surface area (Å²) in [6, 6.07) is 12.3. The Morgan fingerprint density at radius 3 is 2.33 bits per heavy atom. The minimum atomic E-state index is -3.62. The minimum absolute atomic E-state index is 0.0142. The number of sulfonamides is 1. The van der Waals surface area contributed by atoms with Gasteiger partial charge in [0.1, 0.15) is 0 Å². The van der Waals surface area contributed by atoms with Crippen molar-refractivity contribution >= 4 is 26.7 Å². The van der Waals surface area contributed by atoms with E-state index in [1.165, 1.54) is 0 Å². The van der Waals surface area contributed by atoms with Crippen LogP contribution in [0.2, 0.25) is 0 Å². The van der Waals surface area contributed by atoms with Crippen molar-refractivity contribution in [3.63, 3.8) is 0 Å². The molecule has 3 aromatic rings. The Bertz CT molecular complexity index is 981. The molecule has 0 amide bonds. The molecule has 5 nitrogen and oxygen atoms in total. The molecule has 0 aliphatic rings. The van der Waals surface area contributed by atoms with E-state index in [9.17, 15) is 8.42 Å². The van der Waals surface area contributed by atoms with E-state index in [4.69, 9.17) is 0 Å². The molecular formula is C18H21N3O2S. The lowest BCUT2D eigenvalue weighted by atomic mass is 9.87. The molecule has 0 unspecified atom stereocenters. The number of aromatic nitrogens is 2. The fourth-order valence-electron chi connectivity index (χ4n) is 2.55. The Morgan fingerprint density at radius 1 is 1.04 bits per heavy atom. The summed E-state index contributed by atoms with van der Waals surface area (Å²) in [7, 11) is -1.72. The van der Waals surface area contributed by atoms with Gasteiger partial charge in [0.05, 0.1) is 27.9 Å². The molecule has 24 heavy (non-hydrogen) atoms. The van der Waals surface area contributed by atoms with Crippen molar-refractivity contribution < 1.29 is 8.42 Å². The molecule has 0 aliphatic heterocycles. The standard InChI is InChI=1S/C18H21N3O2S/c1-18(2,3)13-5-8-15(9-6-13)24(22,23)20-14-7-10-17-16(11-14)19-12-21(17)4/h5-12,20H,1-4H3. The number of hydrogen-bond donors (Lipinski definition) is 1. The number of fused-ring (bicyclic) bond motifs is 1. The van der Waals surface area contributed by atoms with E-state index in [1.54, 1.807) is 30.6 Å². The first-order valence-corrected chi connectivity index (χ1v) is 9.19. The van der Waals surface area contributed by atoms with Crippen LogP contribution in [0.25, 0.3) is 11.0 Å². The van der Waals surface area contributed by atoms with E-state index < -0.39 is 10.0 Å². The predicted molar refractivity (Wildman–Crippen MR) is 96.7 cm³/mol. The van der Waals surface area contributed by atoms with Crippen molar-refractivity contribution in [2.24, 2.45) is 7.05 Å². The maximum Gasteiger partial charge on any atom is 0.261 e. The van der Waals surface area contributed by atoms with Crippen molar-refractivity contribution in [1.82, 2.24) is 9.55 Å². The second kappa shape index (κ2) is 5.63. The van der Waals surface area contributed by atoms with Crippen molar-refractivity contribution in [2.75, 3.05) is 4.72 Å². The summed E-state index contributed by atoms with van der Waals surface area (Å²) in [5, 5.41) is 0. The summed E-state index contributed by atoms with van der Waals surface area (Å²) in [4.78, 5) is 4.50. The molecule has 0 bridgehead atoms. The van der Waals surface area contributed by atoms with Crippen molar-refractivity contribution in [2.45, 2.75) is 31.1 Å². The predicted octanol–water partition coefficient (Wildman–Crippen LogP) is 3.67. The van der Waals surface area contributed by atoms with Gasteiger partial charge in [0.15, 0.2) is 0 Å². The molecule has 0 saturated carbocycles. The summed E-state index contributed by atoms with van der Waals surface area (Å²) in [5.41, 5.74) is 3.28. The quantitative estimate of drug-likeness (QED) is 0.789. The highest BCUT2D eigenvalue weighted by molar-refractivity contribution is 7.92. The maximum absolute atomic E-state index is 12.6. The topological polar surface area (TPSA) is 64.0 Å². The van der Waals surface area contributed by atoms with Crippen LogP contribution in [0, 0.1) is 0 Å². The molecule has 6 heteroatoms. The summed E-state index contributed by atoms with van der Waals surface area (Å²) in [6.07, 6.45) is 1.70. The summed E-state index contributed by atoms with van der Waals surface area (Å²) in [6.45, 7) is 6.28. The molecule has 1 aromatic heterocycles. The number of aryl methyl sites for hydroxylation is 1. The third-order valence-electron chi connectivity index (χ3n) is 4.01. The number of nitrogens with one attached hydrogen (secondary N) is 1. The smallest absolute Gasteiger partial charge is 0.261 e. The molecule has 1 heterocycles. The van der Waals surface area contributed by atoms with Crippen molar-refractivity contribution in [1.29, 1.82) is 0 Å². The second-order valence-electron chi connectivity index (χ2n) is 6.94. The summed E-state index contributed by atoms with van der Waals surface area (Å²) < 4.78 is 29.6. The molecule has 0 atom stereocenters. The number of hydrogen-bond acceptors (Lipinski definition) is 3. The lowest BCUT2D eigenvalue weighted by Gasteiger charge is -2.19. The van der Waals surface area contributed by atoms with E-state index in [0.717, 1.165) is 16.6 Å². The number of imidazole rings is 1. The first-order chi connectivity index (χ1) is 11.2. The average molecular weight is 343 g/mol. The monoisotopic (exact) mass is 343 g/mol. The van der Waals surface area contributed by atoms with Crippen LogP contribution in [0.15, 0.2) is 53.7 Å². The normalized spacial score (nSPS) is 12.5. The van der Waals surface area contributed by atoms with Gasteiger partial charge >= 0.3 is 0 Å². The van der Waals surface area contributed by atoms with Gasteiger partial charge in [-0.05, 0) is 41.3 Å². The van der Waals surface area contributed by atoms with Gasteiger partial charge in [0.2, 0.25) is 0 Å². The van der Waals surface area contributed by atoms with Crippen LogP contribution in [0.4, 0.5) is 5.69 Å². The molecule has 0 aliphatic carbocycles. The van der Waals surface area contributed by atoms with Gasteiger partial charge in [-0.15, -0.1) is 0 Å². The van der Waals surface area contributed by atoms with Crippen molar-refractivity contribution in [3.05, 3.63) is 54.4 Å². The molecular weight excluding hydrogens is 322 g/mol. The van der Waals surface area contributed by atoms with Crippen LogP contribution < -0.4 is 4.72 Å². The SMILES string of the molecule is Cn1cnc2cc(NS(=O)(=O)c3ccc(C(C)(C)C)cc3)ccc21. The Hall–Kier alpha value is -2.34. The molecule has 0 fully saturated rings. The lowest BCUT2D eigenvalue weighted by molar-refractivity contribution is 0.587. The van der Waals surface area contributed by atoms with E-state index in [1.807, 2.05) is 29.8 Å². The van der Waals surface area contributed by atoms with Crippen LogP contribution in [0.5, 0.6) is 0 Å². The number of benzene rings is 2. The first-order valence-electron chi connectivity index (χ1n) is 7.71. The fraction of sp³-hybridized carbons (Fsp3) is 0.278. The number of rotatable bonds is 3. The minimum Gasteiger partial charge on any atom is -0.334 e. The Kier molecular flexibility index (Phi) is 3.87. The Labute approximate surface area is 142 Å². The highest BCUT2D eigenvalue weighted by Crippen LogP contribution is 2.25. The van der Waals surface area contributed by atoms with Gasteiger partial charge in [-0.2, -0.15) is 0 Å². The van der Waals surface area contributed by atoms with Gasteiger partial charge in [-0.3, -0.25) is 4.72 Å². The zero-order valence-corrected chi connectivity index (χ0v) is 15.1. The highest BCUT2D eigenvalue weighted by Gasteiger charge is 2.18. The van der Waals surface area contributed by atoms with E-state index in [-0.39, 0.29) is 10.3 Å². The average Bonchev–Trinajstić information content (AvgIpc) is 2.87. The van der Waals surface area contributed by atoms with E-state index in [0.29, 0.717) is 5.69 Å². The molecule has 0 radical (unpaired) electrons. The molecule has 0 spiro atoms. The van der Waals surface area contributed by atoms with Gasteiger partial charge in [0.25, 0.3) is 10.0 Å². The zero-order chi connectivity index (χ0) is 17.5. The molecule has 2 aromatic carbocycles. The summed E-state index contributed by atoms with van der Waals surface area (Å²) >= 11 is 0. The molecule has 0 saturated heterocycles. The van der Waals surface area contributed by atoms with Crippen LogP contribution >= 0.6 is 0 Å². The highest BCUT2D eigenvalue weighted by atomic mass is 32.2. The van der Waals surface area contributed by atoms with E-state index >= 15 is 0 Å². The van der Waals surface area contributed by atoms with Gasteiger partial charge < -0.3 is 4.57 Å². The van der Waals surface area contributed by atoms with Crippen LogP contribution in [-0.4, -0.2) is 18.0 Å². The summed E-state index contributed by atoms with van der Waals surface area (Å²) in [5.74, 6) is 0. The fourth-order valence-corrected chi connectivity index (χ4v) is 3.60. The number of nitrogens with zero attached hydrogens (tertiary/aromatic N) is 2. The maximum atomic E-state index is 12.6. The third-order valence-corrected chi connectivity index (χ3v) is 5.41. The molecule has 1 N–H and O–H groups in total. The first kappa shape index (κ1) is 16.5. The van der Waals surface area contributed by atoms with Gasteiger partial charge in [-0.1, -0.05) is 32.9 Å². The second-order valence-corrected chi connectivity index (χ2v) is 8.62. The molecule has 3 rings (SSSR count). The Balaban J connectivity index is 1.89. The van der Waals surface area contributed by atoms with Crippen molar-refractivity contribution in [3.8, 4) is 0 Å².